The van der Waals surface area contributed by atoms with Gasteiger partial charge in [-0.05, 0) is 24.7 Å². The van der Waals surface area contributed by atoms with E-state index in [1.807, 2.05) is 14.1 Å². The number of carbonyl (C=O) groups is 1. The molecule has 2 unspecified atom stereocenters. The molecule has 1 rings (SSSR count). The number of hydrogen-bond acceptors (Lipinski definition) is 2. The Balaban J connectivity index is 2.31. The number of nitrogens with one attached hydrogen (secondary N) is 1. The second-order valence-corrected chi connectivity index (χ2v) is 5.79. The van der Waals surface area contributed by atoms with E-state index in [0.717, 1.165) is 18.4 Å². The maximum Gasteiger partial charge on any atom is 0.223 e. The number of amides is 1. The summed E-state index contributed by atoms with van der Waals surface area (Å²) in [4.78, 5) is 13.2. The van der Waals surface area contributed by atoms with Gasteiger partial charge in [0.05, 0.1) is 0 Å². The number of rotatable bonds is 5. The van der Waals surface area contributed by atoms with Crippen LogP contribution in [-0.4, -0.2) is 37.5 Å². The second kappa shape index (κ2) is 7.00. The van der Waals surface area contributed by atoms with Crippen molar-refractivity contribution >= 4 is 5.91 Å². The molecule has 0 aromatic carbocycles. The quantitative estimate of drug-likeness (QED) is 0.799. The Labute approximate surface area is 106 Å². The van der Waals surface area contributed by atoms with Gasteiger partial charge in [0, 0.05) is 33.1 Å². The minimum atomic E-state index is 0.217. The van der Waals surface area contributed by atoms with Crippen molar-refractivity contribution in [3.8, 4) is 0 Å². The summed E-state index contributed by atoms with van der Waals surface area (Å²) >= 11 is 0. The molecule has 3 nitrogen and oxygen atoms in total. The Hall–Kier alpha value is -0.570. The third kappa shape index (κ3) is 4.66. The molecule has 1 N–H and O–H groups in total. The van der Waals surface area contributed by atoms with Gasteiger partial charge in [-0.3, -0.25) is 4.79 Å². The zero-order chi connectivity index (χ0) is 12.8. The molecular formula is C14H28N2O. The highest BCUT2D eigenvalue weighted by molar-refractivity contribution is 5.75. The zero-order valence-corrected chi connectivity index (χ0v) is 11.8. The van der Waals surface area contributed by atoms with Crippen LogP contribution in [0.3, 0.4) is 0 Å². The van der Waals surface area contributed by atoms with Crippen molar-refractivity contribution < 1.29 is 4.79 Å². The predicted octanol–water partition coefficient (Wildman–Crippen LogP) is 2.27. The minimum Gasteiger partial charge on any atom is -0.349 e. The molecule has 0 spiro atoms. The van der Waals surface area contributed by atoms with Crippen LogP contribution >= 0.6 is 0 Å². The van der Waals surface area contributed by atoms with Crippen LogP contribution in [0.15, 0.2) is 0 Å². The maximum atomic E-state index is 11.5. The largest absolute Gasteiger partial charge is 0.349 e. The van der Waals surface area contributed by atoms with E-state index in [2.05, 4.69) is 19.2 Å². The lowest BCUT2D eigenvalue weighted by molar-refractivity contribution is -0.128. The smallest absolute Gasteiger partial charge is 0.223 e. The summed E-state index contributed by atoms with van der Waals surface area (Å²) in [5.41, 5.74) is 0. The Bertz CT molecular complexity index is 238. The van der Waals surface area contributed by atoms with Crippen molar-refractivity contribution in [2.75, 3.05) is 20.6 Å². The molecule has 0 aromatic rings. The molecule has 0 aliphatic heterocycles. The monoisotopic (exact) mass is 240 g/mol. The maximum absolute atomic E-state index is 11.5. The van der Waals surface area contributed by atoms with Crippen LogP contribution in [0.1, 0.15) is 46.0 Å². The molecule has 0 heterocycles. The fourth-order valence-corrected chi connectivity index (χ4v) is 2.80. The normalized spacial score (nSPS) is 25.0. The third-order valence-electron chi connectivity index (χ3n) is 3.92. The molecule has 1 aliphatic carbocycles. The molecule has 3 heteroatoms. The van der Waals surface area contributed by atoms with Crippen molar-refractivity contribution in [1.82, 2.24) is 10.2 Å². The molecule has 100 valence electrons. The molecule has 17 heavy (non-hydrogen) atoms. The standard InChI is InChI=1S/C14H28N2O/c1-11(2)12-7-5-6-8-13(12)15-10-9-14(17)16(3)4/h11-13,15H,5-10H2,1-4H3. The van der Waals surface area contributed by atoms with Crippen LogP contribution in [0.2, 0.25) is 0 Å². The SMILES string of the molecule is CC(C)C1CCCCC1NCCC(=O)N(C)C. The zero-order valence-electron chi connectivity index (χ0n) is 11.8. The molecule has 1 fully saturated rings. The van der Waals surface area contributed by atoms with Crippen molar-refractivity contribution in [2.24, 2.45) is 11.8 Å². The molecule has 0 radical (unpaired) electrons. The van der Waals surface area contributed by atoms with Gasteiger partial charge in [0.25, 0.3) is 0 Å². The van der Waals surface area contributed by atoms with Gasteiger partial charge >= 0.3 is 0 Å². The summed E-state index contributed by atoms with van der Waals surface area (Å²) in [6, 6.07) is 0.624. The fourth-order valence-electron chi connectivity index (χ4n) is 2.80. The molecule has 2 atom stereocenters. The lowest BCUT2D eigenvalue weighted by Gasteiger charge is -2.35. The summed E-state index contributed by atoms with van der Waals surface area (Å²) in [6.07, 6.45) is 5.95. The van der Waals surface area contributed by atoms with E-state index < -0.39 is 0 Å². The first-order valence-electron chi connectivity index (χ1n) is 6.96. The van der Waals surface area contributed by atoms with Crippen LogP contribution in [0.25, 0.3) is 0 Å². The fraction of sp³-hybridized carbons (Fsp3) is 0.929. The number of hydrogen-bond donors (Lipinski definition) is 1. The van der Waals surface area contributed by atoms with Gasteiger partial charge in [-0.25, -0.2) is 0 Å². The van der Waals surface area contributed by atoms with E-state index in [9.17, 15) is 4.79 Å². The molecule has 0 bridgehead atoms. The lowest BCUT2D eigenvalue weighted by Crippen LogP contribution is -2.42. The van der Waals surface area contributed by atoms with Crippen LogP contribution in [0.5, 0.6) is 0 Å². The molecule has 1 aliphatic rings. The van der Waals surface area contributed by atoms with E-state index >= 15 is 0 Å². The average Bonchev–Trinajstić information content (AvgIpc) is 2.29. The Kier molecular flexibility index (Phi) is 5.96. The van der Waals surface area contributed by atoms with E-state index in [1.54, 1.807) is 4.90 Å². The number of carbonyl (C=O) groups excluding carboxylic acids is 1. The lowest BCUT2D eigenvalue weighted by atomic mass is 9.78. The summed E-state index contributed by atoms with van der Waals surface area (Å²) in [5, 5.41) is 3.59. The summed E-state index contributed by atoms with van der Waals surface area (Å²) in [7, 11) is 3.64. The molecule has 1 saturated carbocycles. The van der Waals surface area contributed by atoms with Crippen LogP contribution in [0, 0.1) is 11.8 Å². The van der Waals surface area contributed by atoms with E-state index in [-0.39, 0.29) is 5.91 Å². The van der Waals surface area contributed by atoms with Gasteiger partial charge < -0.3 is 10.2 Å². The summed E-state index contributed by atoms with van der Waals surface area (Å²) < 4.78 is 0. The van der Waals surface area contributed by atoms with Crippen molar-refractivity contribution in [3.63, 3.8) is 0 Å². The topological polar surface area (TPSA) is 32.3 Å². The molecule has 0 saturated heterocycles. The van der Waals surface area contributed by atoms with Crippen LogP contribution < -0.4 is 5.32 Å². The van der Waals surface area contributed by atoms with E-state index in [4.69, 9.17) is 0 Å². The highest BCUT2D eigenvalue weighted by Crippen LogP contribution is 2.30. The summed E-state index contributed by atoms with van der Waals surface area (Å²) in [6.45, 7) is 5.45. The van der Waals surface area contributed by atoms with Crippen molar-refractivity contribution in [3.05, 3.63) is 0 Å². The first-order valence-corrected chi connectivity index (χ1v) is 6.96. The predicted molar refractivity (Wildman–Crippen MR) is 71.9 cm³/mol. The van der Waals surface area contributed by atoms with Gasteiger partial charge in [0.15, 0.2) is 0 Å². The highest BCUT2D eigenvalue weighted by Gasteiger charge is 2.26. The molecule has 0 aromatic heterocycles. The van der Waals surface area contributed by atoms with Gasteiger partial charge in [-0.1, -0.05) is 26.7 Å². The number of nitrogens with zero attached hydrogens (tertiary/aromatic N) is 1. The van der Waals surface area contributed by atoms with Crippen molar-refractivity contribution in [2.45, 2.75) is 52.0 Å². The van der Waals surface area contributed by atoms with Crippen LogP contribution in [-0.2, 0) is 4.79 Å². The van der Waals surface area contributed by atoms with E-state index in [0.29, 0.717) is 12.5 Å². The Morgan fingerprint density at radius 1 is 1.29 bits per heavy atom. The van der Waals surface area contributed by atoms with Gasteiger partial charge in [0.2, 0.25) is 5.91 Å². The molecule has 1 amide bonds. The van der Waals surface area contributed by atoms with Crippen LogP contribution in [0.4, 0.5) is 0 Å². The minimum absolute atomic E-state index is 0.217. The van der Waals surface area contributed by atoms with Gasteiger partial charge in [-0.15, -0.1) is 0 Å². The molecular weight excluding hydrogens is 212 g/mol. The second-order valence-electron chi connectivity index (χ2n) is 5.79. The third-order valence-corrected chi connectivity index (χ3v) is 3.92. The first-order chi connectivity index (χ1) is 8.02. The average molecular weight is 240 g/mol. The highest BCUT2D eigenvalue weighted by atomic mass is 16.2. The Morgan fingerprint density at radius 3 is 2.53 bits per heavy atom. The van der Waals surface area contributed by atoms with Crippen molar-refractivity contribution in [1.29, 1.82) is 0 Å². The van der Waals surface area contributed by atoms with E-state index in [1.165, 1.54) is 25.7 Å². The first kappa shape index (κ1) is 14.5. The van der Waals surface area contributed by atoms with Gasteiger partial charge in [0.1, 0.15) is 0 Å². The summed E-state index contributed by atoms with van der Waals surface area (Å²) in [5.74, 6) is 1.75. The van der Waals surface area contributed by atoms with Gasteiger partial charge in [-0.2, -0.15) is 0 Å². The Morgan fingerprint density at radius 2 is 1.94 bits per heavy atom.